The molecule has 2 amide bonds. The number of aryl methyl sites for hydroxylation is 1. The van der Waals surface area contributed by atoms with Crippen LogP contribution in [0.25, 0.3) is 0 Å². The average Bonchev–Trinajstić information content (AvgIpc) is 2.80. The summed E-state index contributed by atoms with van der Waals surface area (Å²) in [6.45, 7) is 4.57. The van der Waals surface area contributed by atoms with Crippen LogP contribution in [0.2, 0.25) is 0 Å². The second kappa shape index (κ2) is 10.3. The molecule has 2 aliphatic rings. The fourth-order valence-electron chi connectivity index (χ4n) is 4.28. The van der Waals surface area contributed by atoms with Gasteiger partial charge in [-0.1, -0.05) is 0 Å². The van der Waals surface area contributed by atoms with Gasteiger partial charge in [0.25, 0.3) is 0 Å². The van der Waals surface area contributed by atoms with Crippen molar-refractivity contribution >= 4 is 33.3 Å². The summed E-state index contributed by atoms with van der Waals surface area (Å²) < 4.78 is 38.1. The van der Waals surface area contributed by atoms with Crippen LogP contribution < -0.4 is 10.7 Å². The van der Waals surface area contributed by atoms with E-state index in [-0.39, 0.29) is 23.0 Å². The molecule has 14 heteroatoms. The number of rotatable bonds is 6. The van der Waals surface area contributed by atoms with E-state index in [1.54, 1.807) is 16.8 Å². The Balaban J connectivity index is 1.45. The Morgan fingerprint density at radius 2 is 1.86 bits per heavy atom. The monoisotopic (exact) mass is 521 g/mol. The van der Waals surface area contributed by atoms with E-state index in [1.807, 2.05) is 4.90 Å². The van der Waals surface area contributed by atoms with E-state index in [9.17, 15) is 22.4 Å². The van der Waals surface area contributed by atoms with E-state index in [0.29, 0.717) is 57.3 Å². The first-order valence-corrected chi connectivity index (χ1v) is 13.3. The van der Waals surface area contributed by atoms with Crippen molar-refractivity contribution in [2.75, 3.05) is 50.8 Å². The van der Waals surface area contributed by atoms with Gasteiger partial charge in [0.05, 0.1) is 22.8 Å². The highest BCUT2D eigenvalue weighted by atomic mass is 32.2. The molecule has 0 aliphatic carbocycles. The summed E-state index contributed by atoms with van der Waals surface area (Å²) in [5, 5.41) is 13.4. The van der Waals surface area contributed by atoms with Crippen molar-refractivity contribution in [1.82, 2.24) is 30.2 Å². The van der Waals surface area contributed by atoms with Gasteiger partial charge in [-0.3, -0.25) is 15.1 Å². The van der Waals surface area contributed by atoms with Gasteiger partial charge in [-0.2, -0.15) is 0 Å². The summed E-state index contributed by atoms with van der Waals surface area (Å²) >= 11 is 0. The minimum Gasteiger partial charge on any atom is -0.464 e. The number of nitrogens with one attached hydrogen (secondary N) is 2. The van der Waals surface area contributed by atoms with Crippen molar-refractivity contribution in [2.45, 2.75) is 24.8 Å². The number of fused-ring (bicyclic) bond motifs is 1. The summed E-state index contributed by atoms with van der Waals surface area (Å²) in [4.78, 5) is 36.2. The van der Waals surface area contributed by atoms with E-state index in [0.717, 1.165) is 23.6 Å². The van der Waals surface area contributed by atoms with Gasteiger partial charge >= 0.3 is 6.09 Å². The number of benzene rings is 1. The van der Waals surface area contributed by atoms with E-state index >= 15 is 0 Å². The van der Waals surface area contributed by atoms with Crippen LogP contribution in [0.15, 0.2) is 23.1 Å². The van der Waals surface area contributed by atoms with Crippen LogP contribution in [0, 0.1) is 12.7 Å². The summed E-state index contributed by atoms with van der Waals surface area (Å²) in [5.41, 5.74) is 3.96. The zero-order valence-corrected chi connectivity index (χ0v) is 20.8. The molecule has 0 bridgehead atoms. The Morgan fingerprint density at radius 1 is 1.14 bits per heavy atom. The van der Waals surface area contributed by atoms with Gasteiger partial charge < -0.3 is 15.3 Å². The van der Waals surface area contributed by atoms with Gasteiger partial charge in [-0.15, -0.1) is 0 Å². The van der Waals surface area contributed by atoms with E-state index in [2.05, 4.69) is 20.7 Å². The normalized spacial score (nSPS) is 16.9. The molecular formula is C22H28FN7O5S. The number of sulfone groups is 1. The van der Waals surface area contributed by atoms with Gasteiger partial charge in [-0.05, 0) is 25.1 Å². The number of carbonyl (C=O) groups is 2. The van der Waals surface area contributed by atoms with Crippen molar-refractivity contribution in [3.8, 4) is 0 Å². The Hall–Kier alpha value is -3.36. The summed E-state index contributed by atoms with van der Waals surface area (Å²) in [5.74, 6) is 0.150. The molecule has 3 N–H and O–H groups in total. The van der Waals surface area contributed by atoms with E-state index in [4.69, 9.17) is 5.11 Å². The molecule has 0 spiro atoms. The first-order valence-electron chi connectivity index (χ1n) is 11.4. The number of nitrogens with zero attached hydrogens (tertiary/aromatic N) is 5. The maximum Gasteiger partial charge on any atom is 0.419 e. The fraction of sp³-hybridized carbons (Fsp3) is 0.455. The summed E-state index contributed by atoms with van der Waals surface area (Å²) in [6, 6.07) is 3.66. The molecule has 12 nitrogen and oxygen atoms in total. The van der Waals surface area contributed by atoms with Gasteiger partial charge in [0.15, 0.2) is 9.84 Å². The Bertz CT molecular complexity index is 1280. The Labute approximate surface area is 208 Å². The Morgan fingerprint density at radius 3 is 2.50 bits per heavy atom. The number of halogens is 1. The molecule has 194 valence electrons. The van der Waals surface area contributed by atoms with Crippen LogP contribution in [-0.4, -0.2) is 95.8 Å². The van der Waals surface area contributed by atoms with Crippen molar-refractivity contribution in [1.29, 1.82) is 0 Å². The van der Waals surface area contributed by atoms with E-state index < -0.39 is 21.7 Å². The highest BCUT2D eigenvalue weighted by Gasteiger charge is 2.27. The summed E-state index contributed by atoms with van der Waals surface area (Å²) in [6.07, 6.45) is 0.476. The lowest BCUT2D eigenvalue weighted by atomic mass is 10.1. The third-order valence-electron chi connectivity index (χ3n) is 6.12. The SMILES string of the molecule is Cc1nc2c(c(Nc3ccc(S(C)(=O)=O)cc3F)n1)CN(CC(=O)N1CCN(NC(=O)O)CC1)CC2. The van der Waals surface area contributed by atoms with Crippen molar-refractivity contribution in [3.05, 3.63) is 41.1 Å². The Kier molecular flexibility index (Phi) is 7.38. The molecule has 0 radical (unpaired) electrons. The minimum absolute atomic E-state index is 0.0571. The topological polar surface area (TPSA) is 148 Å². The lowest BCUT2D eigenvalue weighted by Crippen LogP contribution is -2.56. The van der Waals surface area contributed by atoms with Gasteiger partial charge in [0, 0.05) is 57.5 Å². The number of hydrazine groups is 1. The molecule has 36 heavy (non-hydrogen) atoms. The lowest BCUT2D eigenvalue weighted by molar-refractivity contribution is -0.134. The number of hydrogen-bond donors (Lipinski definition) is 3. The molecule has 0 saturated carbocycles. The van der Waals surface area contributed by atoms with Crippen LogP contribution in [0.1, 0.15) is 17.1 Å². The summed E-state index contributed by atoms with van der Waals surface area (Å²) in [7, 11) is -3.54. The third-order valence-corrected chi connectivity index (χ3v) is 7.23. The zero-order chi connectivity index (χ0) is 26.0. The van der Waals surface area contributed by atoms with Gasteiger partial charge in [0.2, 0.25) is 5.91 Å². The van der Waals surface area contributed by atoms with Crippen LogP contribution in [0.3, 0.4) is 0 Å². The number of piperazine rings is 1. The first kappa shape index (κ1) is 25.7. The molecule has 4 rings (SSSR count). The fourth-order valence-corrected chi connectivity index (χ4v) is 4.91. The van der Waals surface area contributed by atoms with Crippen LogP contribution in [0.5, 0.6) is 0 Å². The molecule has 1 aromatic carbocycles. The van der Waals surface area contributed by atoms with Gasteiger partial charge in [0.1, 0.15) is 17.5 Å². The second-order valence-electron chi connectivity index (χ2n) is 8.83. The van der Waals surface area contributed by atoms with Crippen molar-refractivity contribution < 1.29 is 27.5 Å². The second-order valence-corrected chi connectivity index (χ2v) is 10.8. The highest BCUT2D eigenvalue weighted by molar-refractivity contribution is 7.90. The average molecular weight is 522 g/mol. The molecular weight excluding hydrogens is 493 g/mol. The van der Waals surface area contributed by atoms with Crippen molar-refractivity contribution in [3.63, 3.8) is 0 Å². The predicted molar refractivity (Wildman–Crippen MR) is 128 cm³/mol. The van der Waals surface area contributed by atoms with Crippen LogP contribution >= 0.6 is 0 Å². The third kappa shape index (κ3) is 6.06. The standard InChI is InChI=1S/C22H28FN7O5S/c1-14-24-18-5-6-28(13-20(31)29-7-9-30(10-8-29)27-22(32)33)12-16(18)21(25-14)26-19-4-3-15(11-17(19)23)36(2,34)35/h3-4,11,27H,5-10,12-13H2,1-2H3,(H,32,33)(H,24,25,26). The zero-order valence-electron chi connectivity index (χ0n) is 20.0. The van der Waals surface area contributed by atoms with Gasteiger partial charge in [-0.25, -0.2) is 32.6 Å². The maximum atomic E-state index is 14.7. The first-order chi connectivity index (χ1) is 17.0. The molecule has 2 aromatic rings. The molecule has 3 heterocycles. The molecule has 0 atom stereocenters. The van der Waals surface area contributed by atoms with Crippen LogP contribution in [-0.2, 0) is 27.6 Å². The maximum absolute atomic E-state index is 14.7. The lowest BCUT2D eigenvalue weighted by Gasteiger charge is -2.36. The number of carbonyl (C=O) groups excluding carboxylic acids is 1. The molecule has 1 fully saturated rings. The molecule has 2 aliphatic heterocycles. The molecule has 0 unspecified atom stereocenters. The van der Waals surface area contributed by atoms with Crippen LogP contribution in [0.4, 0.5) is 20.7 Å². The largest absolute Gasteiger partial charge is 0.464 e. The number of hydrogen-bond acceptors (Lipinski definition) is 9. The number of amides is 2. The number of aromatic nitrogens is 2. The molecule has 1 aromatic heterocycles. The molecule has 1 saturated heterocycles. The predicted octanol–water partition coefficient (Wildman–Crippen LogP) is 0.756. The van der Waals surface area contributed by atoms with Crippen molar-refractivity contribution in [2.24, 2.45) is 0 Å². The number of anilines is 2. The number of carboxylic acid groups (broad SMARTS) is 1. The highest BCUT2D eigenvalue weighted by Crippen LogP contribution is 2.28. The minimum atomic E-state index is -3.54. The quantitative estimate of drug-likeness (QED) is 0.497. The van der Waals surface area contributed by atoms with E-state index in [1.165, 1.54) is 12.1 Å². The smallest absolute Gasteiger partial charge is 0.419 e.